The van der Waals surface area contributed by atoms with Gasteiger partial charge in [0, 0.05) is 6.54 Å². The zero-order valence-corrected chi connectivity index (χ0v) is 15.7. The van der Waals surface area contributed by atoms with Gasteiger partial charge >= 0.3 is 0 Å². The van der Waals surface area contributed by atoms with Gasteiger partial charge < -0.3 is 5.32 Å². The fraction of sp³-hybridized carbons (Fsp3) is 0.333. The van der Waals surface area contributed by atoms with Crippen molar-refractivity contribution in [2.24, 2.45) is 5.14 Å². The van der Waals surface area contributed by atoms with Crippen LogP contribution in [0.25, 0.3) is 0 Å². The molecule has 0 fully saturated rings. The summed E-state index contributed by atoms with van der Waals surface area (Å²) in [5.41, 5.74) is 2.09. The molecule has 1 aromatic carbocycles. The first-order chi connectivity index (χ1) is 11.2. The number of carbonyl (C=O) groups excluding carboxylic acids is 1. The summed E-state index contributed by atoms with van der Waals surface area (Å²) in [6.07, 6.45) is 0.565. The lowest BCUT2D eigenvalue weighted by Crippen LogP contribution is -2.26. The summed E-state index contributed by atoms with van der Waals surface area (Å²) in [4.78, 5) is 12.2. The molecular weight excluding hydrogens is 396 g/mol. The van der Waals surface area contributed by atoms with Crippen LogP contribution in [0.1, 0.15) is 41.5 Å². The van der Waals surface area contributed by atoms with E-state index in [1.807, 2.05) is 13.8 Å². The molecule has 0 aliphatic heterocycles. The molecule has 0 spiro atoms. The Bertz CT molecular complexity index is 829. The maximum Gasteiger partial charge on any atom is 0.272 e. The molecule has 7 nitrogen and oxygen atoms in total. The Balaban J connectivity index is 1.93. The van der Waals surface area contributed by atoms with Gasteiger partial charge in [0.1, 0.15) is 0 Å². The highest BCUT2D eigenvalue weighted by Crippen LogP contribution is 2.25. The molecule has 0 unspecified atom stereocenters. The molecule has 0 aliphatic rings. The third-order valence-corrected chi connectivity index (χ3v) is 5.21. The van der Waals surface area contributed by atoms with Gasteiger partial charge in [0.05, 0.1) is 15.1 Å². The molecule has 0 radical (unpaired) electrons. The number of hydrogen-bond acceptors (Lipinski definition) is 4. The van der Waals surface area contributed by atoms with Crippen LogP contribution in [0.15, 0.2) is 33.6 Å². The number of nitrogens with one attached hydrogen (secondary N) is 2. The zero-order valence-electron chi connectivity index (χ0n) is 13.3. The molecule has 9 heteroatoms. The number of hydrogen-bond donors (Lipinski definition) is 3. The van der Waals surface area contributed by atoms with Crippen LogP contribution in [0.2, 0.25) is 0 Å². The number of aromatic amines is 1. The first-order valence-electron chi connectivity index (χ1n) is 7.34. The van der Waals surface area contributed by atoms with Crippen LogP contribution in [-0.2, 0) is 16.4 Å². The predicted molar refractivity (Wildman–Crippen MR) is 94.2 cm³/mol. The van der Waals surface area contributed by atoms with E-state index in [9.17, 15) is 13.2 Å². The molecule has 0 bridgehead atoms. The number of aromatic nitrogens is 2. The van der Waals surface area contributed by atoms with Gasteiger partial charge in [0.15, 0.2) is 5.69 Å². The first-order valence-corrected chi connectivity index (χ1v) is 9.67. The lowest BCUT2D eigenvalue weighted by Gasteiger charge is -2.05. The topological polar surface area (TPSA) is 118 Å². The number of primary sulfonamides is 1. The van der Waals surface area contributed by atoms with Gasteiger partial charge in [0.25, 0.3) is 5.91 Å². The van der Waals surface area contributed by atoms with E-state index in [2.05, 4.69) is 31.4 Å². The van der Waals surface area contributed by atoms with Crippen molar-refractivity contribution >= 4 is 31.9 Å². The van der Waals surface area contributed by atoms with E-state index < -0.39 is 10.0 Å². The largest absolute Gasteiger partial charge is 0.350 e. The second kappa shape index (κ2) is 7.45. The van der Waals surface area contributed by atoms with E-state index >= 15 is 0 Å². The molecule has 2 aromatic rings. The Hall–Kier alpha value is -1.71. The van der Waals surface area contributed by atoms with Crippen molar-refractivity contribution in [3.05, 3.63) is 45.7 Å². The van der Waals surface area contributed by atoms with Crippen molar-refractivity contribution < 1.29 is 13.2 Å². The Morgan fingerprint density at radius 2 is 1.96 bits per heavy atom. The lowest BCUT2D eigenvalue weighted by atomic mass is 10.1. The summed E-state index contributed by atoms with van der Waals surface area (Å²) in [5, 5.41) is 14.7. The van der Waals surface area contributed by atoms with Crippen LogP contribution in [-0.4, -0.2) is 31.1 Å². The van der Waals surface area contributed by atoms with Crippen LogP contribution in [0.5, 0.6) is 0 Å². The minimum Gasteiger partial charge on any atom is -0.350 e. The van der Waals surface area contributed by atoms with Gasteiger partial charge in [-0.25, -0.2) is 13.6 Å². The maximum absolute atomic E-state index is 12.2. The number of rotatable bonds is 6. The molecule has 2 rings (SSSR count). The quantitative estimate of drug-likeness (QED) is 0.668. The van der Waals surface area contributed by atoms with E-state index in [0.29, 0.717) is 23.1 Å². The molecular formula is C15H19BrN4O3S. The molecule has 130 valence electrons. The second-order valence-corrected chi connectivity index (χ2v) is 8.00. The molecule has 1 aromatic heterocycles. The highest BCUT2D eigenvalue weighted by molar-refractivity contribution is 9.10. The van der Waals surface area contributed by atoms with Crippen molar-refractivity contribution in [2.45, 2.75) is 31.1 Å². The molecule has 0 saturated heterocycles. The van der Waals surface area contributed by atoms with Gasteiger partial charge in [-0.15, -0.1) is 0 Å². The van der Waals surface area contributed by atoms with Gasteiger partial charge in [-0.3, -0.25) is 9.89 Å². The number of nitrogens with zero attached hydrogens (tertiary/aromatic N) is 1. The van der Waals surface area contributed by atoms with Crippen molar-refractivity contribution in [3.8, 4) is 0 Å². The number of sulfonamides is 1. The number of halogens is 1. The minimum absolute atomic E-state index is 0.0666. The molecule has 4 N–H and O–H groups in total. The van der Waals surface area contributed by atoms with Crippen LogP contribution in [0, 0.1) is 0 Å². The summed E-state index contributed by atoms with van der Waals surface area (Å²) >= 11 is 3.39. The van der Waals surface area contributed by atoms with Crippen molar-refractivity contribution in [2.75, 3.05) is 6.54 Å². The molecule has 1 amide bonds. The average Bonchev–Trinajstić information content (AvgIpc) is 2.88. The third-order valence-electron chi connectivity index (χ3n) is 3.48. The third kappa shape index (κ3) is 4.43. The predicted octanol–water partition coefficient (Wildman–Crippen LogP) is 1.92. The number of amides is 1. The summed E-state index contributed by atoms with van der Waals surface area (Å²) in [7, 11) is -3.69. The smallest absolute Gasteiger partial charge is 0.272 e. The maximum atomic E-state index is 12.2. The highest BCUT2D eigenvalue weighted by Gasteiger charge is 2.18. The molecule has 0 atom stereocenters. The summed E-state index contributed by atoms with van der Waals surface area (Å²) < 4.78 is 23.1. The van der Waals surface area contributed by atoms with Crippen LogP contribution in [0.3, 0.4) is 0 Å². The van der Waals surface area contributed by atoms with Gasteiger partial charge in [-0.2, -0.15) is 5.10 Å². The molecule has 1 heterocycles. The van der Waals surface area contributed by atoms with E-state index in [-0.39, 0.29) is 16.7 Å². The van der Waals surface area contributed by atoms with Crippen LogP contribution >= 0.6 is 15.9 Å². The van der Waals surface area contributed by atoms with Gasteiger partial charge in [-0.1, -0.05) is 26.0 Å². The van der Waals surface area contributed by atoms with Gasteiger partial charge in [-0.05, 0) is 46.0 Å². The number of nitrogens with two attached hydrogens (primary N) is 1. The summed E-state index contributed by atoms with van der Waals surface area (Å²) in [6.45, 7) is 4.42. The molecule has 0 saturated carbocycles. The summed E-state index contributed by atoms with van der Waals surface area (Å²) in [5.74, 6) is -0.0445. The second-order valence-electron chi connectivity index (χ2n) is 5.65. The van der Waals surface area contributed by atoms with Crippen molar-refractivity contribution in [1.82, 2.24) is 15.5 Å². The van der Waals surface area contributed by atoms with E-state index in [4.69, 9.17) is 5.14 Å². The average molecular weight is 415 g/mol. The number of H-pyrrole nitrogens is 1. The Morgan fingerprint density at radius 1 is 1.33 bits per heavy atom. The Labute approximate surface area is 149 Å². The zero-order chi connectivity index (χ0) is 17.9. The van der Waals surface area contributed by atoms with E-state index in [1.54, 1.807) is 12.1 Å². The lowest BCUT2D eigenvalue weighted by molar-refractivity contribution is 0.0948. The summed E-state index contributed by atoms with van der Waals surface area (Å²) in [6, 6.07) is 6.25. The van der Waals surface area contributed by atoms with Crippen LogP contribution in [0.4, 0.5) is 0 Å². The normalized spacial score (nSPS) is 11.7. The fourth-order valence-electron chi connectivity index (χ4n) is 2.12. The molecule has 24 heavy (non-hydrogen) atoms. The van der Waals surface area contributed by atoms with Crippen molar-refractivity contribution in [1.29, 1.82) is 0 Å². The Kier molecular flexibility index (Phi) is 5.79. The number of benzene rings is 1. The van der Waals surface area contributed by atoms with Crippen molar-refractivity contribution in [3.63, 3.8) is 0 Å². The monoisotopic (exact) mass is 414 g/mol. The van der Waals surface area contributed by atoms with E-state index in [1.165, 1.54) is 12.1 Å². The first kappa shape index (κ1) is 18.6. The minimum atomic E-state index is -3.69. The standard InChI is InChI=1S/C15H19BrN4O3S/c1-9(2)13-12(16)14(20-19-13)15(21)18-8-7-10-3-5-11(6-4-10)24(17,22)23/h3-6,9H,7-8H2,1-2H3,(H,18,21)(H,19,20)(H2,17,22,23). The fourth-order valence-corrected chi connectivity index (χ4v) is 3.46. The Morgan fingerprint density at radius 3 is 2.46 bits per heavy atom. The SMILES string of the molecule is CC(C)c1[nH]nc(C(=O)NCCc2ccc(S(N)(=O)=O)cc2)c1Br. The number of carbonyl (C=O) groups is 1. The van der Waals surface area contributed by atoms with Crippen LogP contribution < -0.4 is 10.5 Å². The van der Waals surface area contributed by atoms with Gasteiger partial charge in [0.2, 0.25) is 10.0 Å². The van der Waals surface area contributed by atoms with E-state index in [0.717, 1.165) is 11.3 Å². The highest BCUT2D eigenvalue weighted by atomic mass is 79.9. The molecule has 0 aliphatic carbocycles.